The maximum absolute atomic E-state index is 10.4. The number of aldehydes is 1. The Morgan fingerprint density at radius 2 is 1.45 bits per heavy atom. The van der Waals surface area contributed by atoms with Gasteiger partial charge in [-0.3, -0.25) is 4.90 Å². The van der Waals surface area contributed by atoms with Gasteiger partial charge in [0.25, 0.3) is 0 Å². The van der Waals surface area contributed by atoms with Gasteiger partial charge in [0.15, 0.2) is 0 Å². The van der Waals surface area contributed by atoms with Crippen LogP contribution in [0.15, 0.2) is 42.6 Å². The molecule has 4 rings (SSSR count). The highest BCUT2D eigenvalue weighted by molar-refractivity contribution is 5.49. The van der Waals surface area contributed by atoms with Gasteiger partial charge < -0.3 is 24.3 Å². The number of likely N-dealkylation sites (tertiary alicyclic amines) is 1. The van der Waals surface area contributed by atoms with Crippen molar-refractivity contribution in [3.8, 4) is 0 Å². The highest BCUT2D eigenvalue weighted by Crippen LogP contribution is 2.33. The van der Waals surface area contributed by atoms with E-state index in [1.165, 1.54) is 23.1 Å². The third-order valence-electron chi connectivity index (χ3n) is 7.09. The van der Waals surface area contributed by atoms with Crippen molar-refractivity contribution in [2.75, 3.05) is 58.0 Å². The maximum atomic E-state index is 10.4. The number of carbonyl (C=O) groups excluding carboxylic acids is 1. The highest BCUT2D eigenvalue weighted by atomic mass is 16.5. The summed E-state index contributed by atoms with van der Waals surface area (Å²) < 4.78 is 11.9. The Morgan fingerprint density at radius 3 is 2.00 bits per heavy atom. The Labute approximate surface area is 305 Å². The lowest BCUT2D eigenvalue weighted by Gasteiger charge is -2.47. The topological polar surface area (TPSA) is 75.1 Å². The summed E-state index contributed by atoms with van der Waals surface area (Å²) in [5, 5.41) is 7.00. The van der Waals surface area contributed by atoms with Gasteiger partial charge in [0, 0.05) is 52.5 Å². The molecule has 7 heteroatoms. The molecular formula is C42H81N3O4. The van der Waals surface area contributed by atoms with Crippen LogP contribution in [0.3, 0.4) is 0 Å². The van der Waals surface area contributed by atoms with Crippen LogP contribution in [-0.2, 0) is 27.2 Å². The van der Waals surface area contributed by atoms with Crippen molar-refractivity contribution in [2.45, 2.75) is 147 Å². The van der Waals surface area contributed by atoms with Crippen molar-refractivity contribution < 1.29 is 19.4 Å². The molecule has 1 spiro atoms. The summed E-state index contributed by atoms with van der Waals surface area (Å²) in [4.78, 5) is 20.0. The van der Waals surface area contributed by atoms with E-state index >= 15 is 0 Å². The number of pyridine rings is 1. The third-order valence-corrected chi connectivity index (χ3v) is 7.09. The van der Waals surface area contributed by atoms with Gasteiger partial charge >= 0.3 is 0 Å². The summed E-state index contributed by atoms with van der Waals surface area (Å²) in [7, 11) is 1.00. The van der Waals surface area contributed by atoms with Gasteiger partial charge in [0.1, 0.15) is 12.1 Å². The molecule has 1 aromatic heterocycles. The molecule has 0 saturated carbocycles. The summed E-state index contributed by atoms with van der Waals surface area (Å²) in [6.45, 7) is 35.6. The molecule has 1 N–H and O–H groups in total. The van der Waals surface area contributed by atoms with E-state index in [4.69, 9.17) is 14.6 Å². The van der Waals surface area contributed by atoms with Crippen molar-refractivity contribution in [3.05, 3.63) is 59.3 Å². The number of anilines is 1. The van der Waals surface area contributed by atoms with Crippen LogP contribution in [0, 0.1) is 0 Å². The lowest BCUT2D eigenvalue weighted by atomic mass is 9.89. The molecule has 2 aliphatic rings. The number of hydrogen-bond donors (Lipinski definition) is 1. The molecular weight excluding hydrogens is 610 g/mol. The van der Waals surface area contributed by atoms with Crippen LogP contribution < -0.4 is 4.90 Å². The number of ether oxygens (including phenoxy) is 2. The number of aliphatic hydroxyl groups excluding tert-OH is 1. The first-order valence-corrected chi connectivity index (χ1v) is 19.6. The average Bonchev–Trinajstić information content (AvgIpc) is 3.18. The molecule has 0 bridgehead atoms. The number of benzene rings is 1. The summed E-state index contributed by atoms with van der Waals surface area (Å²) >= 11 is 0. The SMILES string of the molecule is CC.CC.CC.CC.CC.CC(C)c1ccnc(N2CCOC3(CCN(Cc4cccc(CCOCCC=O)c4)CC3)C2)c1.CCC.CO. The van der Waals surface area contributed by atoms with Crippen LogP contribution in [0.1, 0.15) is 145 Å². The number of aromatic nitrogens is 1. The highest BCUT2D eigenvalue weighted by Gasteiger charge is 2.40. The number of piperidine rings is 1. The van der Waals surface area contributed by atoms with Crippen LogP contribution in [0.4, 0.5) is 5.82 Å². The molecule has 0 atom stereocenters. The van der Waals surface area contributed by atoms with Crippen molar-refractivity contribution in [1.29, 1.82) is 0 Å². The van der Waals surface area contributed by atoms with Crippen molar-refractivity contribution in [1.82, 2.24) is 9.88 Å². The average molecular weight is 692 g/mol. The third kappa shape index (κ3) is 23.7. The largest absolute Gasteiger partial charge is 0.400 e. The van der Waals surface area contributed by atoms with Gasteiger partial charge in [-0.05, 0) is 54.0 Å². The molecule has 2 fully saturated rings. The molecule has 2 aliphatic heterocycles. The van der Waals surface area contributed by atoms with E-state index < -0.39 is 0 Å². The molecule has 3 heterocycles. The molecule has 0 amide bonds. The van der Waals surface area contributed by atoms with Crippen LogP contribution in [0.25, 0.3) is 0 Å². The molecule has 2 saturated heterocycles. The van der Waals surface area contributed by atoms with Gasteiger partial charge in [-0.25, -0.2) is 4.98 Å². The fourth-order valence-corrected chi connectivity index (χ4v) is 4.99. The number of hydrogen-bond acceptors (Lipinski definition) is 7. The molecule has 288 valence electrons. The fraction of sp³-hybridized carbons (Fsp3) is 0.714. The van der Waals surface area contributed by atoms with E-state index in [9.17, 15) is 4.79 Å². The van der Waals surface area contributed by atoms with Crippen LogP contribution in [-0.4, -0.2) is 80.0 Å². The predicted molar refractivity (Wildman–Crippen MR) is 216 cm³/mol. The Morgan fingerprint density at radius 1 is 0.878 bits per heavy atom. The Bertz CT molecular complexity index is 947. The Balaban J connectivity index is -0.000000594. The number of nitrogens with zero attached hydrogens (tertiary/aromatic N) is 3. The van der Waals surface area contributed by atoms with E-state index in [0.29, 0.717) is 25.6 Å². The lowest BCUT2D eigenvalue weighted by molar-refractivity contribution is -0.108. The standard InChI is InChI=1S/C28H39N3O3.C3H8.5C2H6.CH4O/c1-23(2)26-7-11-29-27(20-26)31-14-18-34-28(22-31)9-12-30(13-10-28)21-25-6-3-5-24(19-25)8-17-33-16-4-15-32;1-3-2;6*1-2/h3,5-7,11,15,19-20,23H,4,8-10,12-14,16-18,21-22H2,1-2H3;3H2,1-2H3;5*1-2H3;2H,1H3. The minimum Gasteiger partial charge on any atom is -0.400 e. The van der Waals surface area contributed by atoms with Crippen molar-refractivity contribution >= 4 is 12.1 Å². The van der Waals surface area contributed by atoms with Crippen LogP contribution in [0.5, 0.6) is 0 Å². The van der Waals surface area contributed by atoms with Gasteiger partial charge in [-0.1, -0.05) is 128 Å². The summed E-state index contributed by atoms with van der Waals surface area (Å²) in [6.07, 6.45) is 7.56. The zero-order valence-electron chi connectivity index (χ0n) is 34.9. The zero-order valence-corrected chi connectivity index (χ0v) is 34.9. The predicted octanol–water partition coefficient (Wildman–Crippen LogP) is 10.4. The van der Waals surface area contributed by atoms with E-state index in [1.54, 1.807) is 0 Å². The summed E-state index contributed by atoms with van der Waals surface area (Å²) in [5.41, 5.74) is 3.92. The molecule has 49 heavy (non-hydrogen) atoms. The zero-order chi connectivity index (χ0) is 38.5. The second-order valence-corrected chi connectivity index (χ2v) is 10.7. The maximum Gasteiger partial charge on any atom is 0.128 e. The van der Waals surface area contributed by atoms with Crippen molar-refractivity contribution in [3.63, 3.8) is 0 Å². The first kappa shape index (κ1) is 53.5. The van der Waals surface area contributed by atoms with E-state index in [2.05, 4.69) is 78.9 Å². The molecule has 7 nitrogen and oxygen atoms in total. The molecule has 0 radical (unpaired) electrons. The number of carbonyl (C=O) groups is 1. The summed E-state index contributed by atoms with van der Waals surface area (Å²) in [5.74, 6) is 1.59. The van der Waals surface area contributed by atoms with Crippen LogP contribution >= 0.6 is 0 Å². The molecule has 2 aromatic rings. The number of rotatable bonds is 10. The minimum absolute atomic E-state index is 0.0645. The minimum atomic E-state index is -0.0645. The first-order chi connectivity index (χ1) is 24.0. The van der Waals surface area contributed by atoms with E-state index in [-0.39, 0.29) is 5.60 Å². The smallest absolute Gasteiger partial charge is 0.128 e. The van der Waals surface area contributed by atoms with Gasteiger partial charge in [0.2, 0.25) is 0 Å². The molecule has 0 unspecified atom stereocenters. The fourth-order valence-electron chi connectivity index (χ4n) is 4.99. The van der Waals surface area contributed by atoms with Gasteiger partial charge in [0.05, 0.1) is 25.4 Å². The Hall–Kier alpha value is -2.32. The Kier molecular flexibility index (Phi) is 42.0. The summed E-state index contributed by atoms with van der Waals surface area (Å²) in [6, 6.07) is 13.2. The second-order valence-electron chi connectivity index (χ2n) is 10.7. The van der Waals surface area contributed by atoms with Crippen molar-refractivity contribution in [2.24, 2.45) is 0 Å². The molecule has 0 aliphatic carbocycles. The lowest BCUT2D eigenvalue weighted by Crippen LogP contribution is -2.57. The van der Waals surface area contributed by atoms with Gasteiger partial charge in [-0.2, -0.15) is 0 Å². The normalized spacial score (nSPS) is 13.9. The second kappa shape index (κ2) is 38.5. The quantitative estimate of drug-likeness (QED) is 0.196. The van der Waals surface area contributed by atoms with Gasteiger partial charge in [-0.15, -0.1) is 0 Å². The molecule has 1 aromatic carbocycles. The van der Waals surface area contributed by atoms with Crippen LogP contribution in [0.2, 0.25) is 0 Å². The first-order valence-electron chi connectivity index (χ1n) is 19.6. The number of aliphatic hydroxyl groups is 1. The van der Waals surface area contributed by atoms with E-state index in [0.717, 1.165) is 77.8 Å². The monoisotopic (exact) mass is 692 g/mol. The number of morpholine rings is 1. The van der Waals surface area contributed by atoms with E-state index in [1.807, 2.05) is 75.4 Å².